The third-order valence-corrected chi connectivity index (χ3v) is 5.49. The van der Waals surface area contributed by atoms with Gasteiger partial charge in [0, 0.05) is 36.9 Å². The minimum atomic E-state index is -0.433. The van der Waals surface area contributed by atoms with Gasteiger partial charge in [-0.25, -0.2) is 0 Å². The number of rotatable bonds is 8. The predicted molar refractivity (Wildman–Crippen MR) is 114 cm³/mol. The molecule has 0 unspecified atom stereocenters. The predicted octanol–water partition coefficient (Wildman–Crippen LogP) is 3.59. The van der Waals surface area contributed by atoms with Crippen LogP contribution in [-0.4, -0.2) is 29.9 Å². The van der Waals surface area contributed by atoms with E-state index in [1.54, 1.807) is 4.90 Å². The van der Waals surface area contributed by atoms with Crippen LogP contribution in [0.4, 0.5) is 0 Å². The van der Waals surface area contributed by atoms with Crippen molar-refractivity contribution in [2.45, 2.75) is 38.6 Å². The number of aryl methyl sites for hydroxylation is 2. The average molecular weight is 406 g/mol. The van der Waals surface area contributed by atoms with Crippen LogP contribution in [0.25, 0.3) is 11.0 Å². The number of hydrogen-bond donors (Lipinski definition) is 1. The maximum absolute atomic E-state index is 12.8. The summed E-state index contributed by atoms with van der Waals surface area (Å²) in [7, 11) is 0. The number of benzene rings is 2. The lowest BCUT2D eigenvalue weighted by atomic mass is 9.96. The number of primary amides is 1. The molecule has 1 aliphatic rings. The lowest BCUT2D eigenvalue weighted by Crippen LogP contribution is -2.36. The molecule has 0 spiro atoms. The Labute approximate surface area is 175 Å². The van der Waals surface area contributed by atoms with E-state index < -0.39 is 5.91 Å². The van der Waals surface area contributed by atoms with Crippen molar-refractivity contribution in [3.05, 3.63) is 65.4 Å². The van der Waals surface area contributed by atoms with E-state index in [1.807, 2.05) is 48.5 Å². The van der Waals surface area contributed by atoms with Crippen LogP contribution in [0, 0.1) is 0 Å². The topological polar surface area (TPSA) is 85.8 Å². The third-order valence-electron chi connectivity index (χ3n) is 5.49. The van der Waals surface area contributed by atoms with Crippen molar-refractivity contribution in [2.75, 3.05) is 13.2 Å². The first-order chi connectivity index (χ1) is 14.6. The summed E-state index contributed by atoms with van der Waals surface area (Å²) in [6.45, 7) is 0.572. The van der Waals surface area contributed by atoms with E-state index in [4.69, 9.17) is 14.9 Å². The number of carbonyl (C=O) groups excluding carboxylic acids is 2. The highest BCUT2D eigenvalue weighted by Crippen LogP contribution is 2.33. The van der Waals surface area contributed by atoms with E-state index in [1.165, 1.54) is 12.0 Å². The first-order valence-electron chi connectivity index (χ1n) is 10.4. The van der Waals surface area contributed by atoms with Crippen LogP contribution in [0.15, 0.2) is 52.9 Å². The Morgan fingerprint density at radius 2 is 1.87 bits per heavy atom. The Hall–Kier alpha value is -3.28. The molecule has 0 saturated heterocycles. The van der Waals surface area contributed by atoms with Gasteiger partial charge in [-0.1, -0.05) is 30.3 Å². The fraction of sp³-hybridized carbons (Fsp3) is 0.333. The highest BCUT2D eigenvalue weighted by molar-refractivity contribution is 5.84. The summed E-state index contributed by atoms with van der Waals surface area (Å²) in [5.41, 5.74) is 8.40. The summed E-state index contributed by atoms with van der Waals surface area (Å²) in [6.07, 6.45) is 4.44. The van der Waals surface area contributed by atoms with Gasteiger partial charge in [0.1, 0.15) is 17.1 Å². The zero-order chi connectivity index (χ0) is 20.9. The Bertz CT molecular complexity index is 1040. The maximum Gasteiger partial charge on any atom is 0.260 e. The van der Waals surface area contributed by atoms with Crippen LogP contribution in [0.3, 0.4) is 0 Å². The molecule has 156 valence electrons. The normalized spacial score (nSPS) is 13.1. The Morgan fingerprint density at radius 1 is 1.07 bits per heavy atom. The fourth-order valence-corrected chi connectivity index (χ4v) is 3.91. The van der Waals surface area contributed by atoms with E-state index in [0.717, 1.165) is 41.6 Å². The second kappa shape index (κ2) is 9.03. The lowest BCUT2D eigenvalue weighted by Gasteiger charge is -2.22. The second-order valence-electron chi connectivity index (χ2n) is 7.67. The van der Waals surface area contributed by atoms with Crippen LogP contribution in [-0.2, 0) is 29.0 Å². The number of nitrogens with zero attached hydrogens (tertiary/aromatic N) is 1. The monoisotopic (exact) mass is 406 g/mol. The van der Waals surface area contributed by atoms with E-state index >= 15 is 0 Å². The molecule has 1 aromatic heterocycles. The molecule has 3 aromatic rings. The van der Waals surface area contributed by atoms with Crippen LogP contribution in [0.1, 0.15) is 36.1 Å². The largest absolute Gasteiger partial charge is 0.484 e. The average Bonchev–Trinajstić information content (AvgIpc) is 3.13. The highest BCUT2D eigenvalue weighted by atomic mass is 16.5. The zero-order valence-electron chi connectivity index (χ0n) is 16.9. The number of ether oxygens (including phenoxy) is 1. The Kier molecular flexibility index (Phi) is 6.02. The molecular formula is C24H26N2O4. The molecule has 2 amide bonds. The van der Waals surface area contributed by atoms with E-state index in [2.05, 4.69) is 0 Å². The van der Waals surface area contributed by atoms with Crippen molar-refractivity contribution in [3.8, 4) is 5.75 Å². The molecule has 30 heavy (non-hydrogen) atoms. The number of hydrogen-bond acceptors (Lipinski definition) is 4. The number of carbonyl (C=O) groups is 2. The van der Waals surface area contributed by atoms with Gasteiger partial charge in [-0.05, 0) is 43.0 Å². The van der Waals surface area contributed by atoms with Gasteiger partial charge in [0.25, 0.3) is 5.91 Å². The standard InChI is InChI=1S/C24H26N2O4/c25-23(27)12-13-26(15-17-6-2-1-3-7-17)24(28)16-29-18-10-11-22-20(14-18)19-8-4-5-9-21(19)30-22/h1-3,6-7,10-11,14H,4-5,8-9,12-13,15-16H2,(H2,25,27). The van der Waals surface area contributed by atoms with Crippen molar-refractivity contribution in [1.29, 1.82) is 0 Å². The third kappa shape index (κ3) is 4.64. The van der Waals surface area contributed by atoms with Crippen molar-refractivity contribution >= 4 is 22.8 Å². The minimum Gasteiger partial charge on any atom is -0.484 e. The Balaban J connectivity index is 1.44. The first-order valence-corrected chi connectivity index (χ1v) is 10.4. The summed E-state index contributed by atoms with van der Waals surface area (Å²) >= 11 is 0. The number of fused-ring (bicyclic) bond motifs is 3. The van der Waals surface area contributed by atoms with E-state index in [-0.39, 0.29) is 25.5 Å². The van der Waals surface area contributed by atoms with Crippen LogP contribution >= 0.6 is 0 Å². The summed E-state index contributed by atoms with van der Waals surface area (Å²) in [5, 5.41) is 1.07. The molecule has 4 rings (SSSR count). The minimum absolute atomic E-state index is 0.100. The molecule has 6 heteroatoms. The Morgan fingerprint density at radius 3 is 2.67 bits per heavy atom. The maximum atomic E-state index is 12.8. The first kappa shape index (κ1) is 20.0. The smallest absolute Gasteiger partial charge is 0.260 e. The molecule has 0 saturated carbocycles. The molecule has 1 aliphatic carbocycles. The van der Waals surface area contributed by atoms with Gasteiger partial charge >= 0.3 is 0 Å². The van der Waals surface area contributed by atoms with E-state index in [9.17, 15) is 9.59 Å². The summed E-state index contributed by atoms with van der Waals surface area (Å²) in [4.78, 5) is 25.6. The van der Waals surface area contributed by atoms with Gasteiger partial charge in [-0.3, -0.25) is 9.59 Å². The number of furan rings is 1. The van der Waals surface area contributed by atoms with E-state index in [0.29, 0.717) is 12.3 Å². The van der Waals surface area contributed by atoms with Gasteiger partial charge in [0.15, 0.2) is 6.61 Å². The van der Waals surface area contributed by atoms with Crippen LogP contribution in [0.5, 0.6) is 5.75 Å². The number of amides is 2. The van der Waals surface area contributed by atoms with Crippen molar-refractivity contribution in [3.63, 3.8) is 0 Å². The van der Waals surface area contributed by atoms with Gasteiger partial charge < -0.3 is 19.8 Å². The zero-order valence-corrected chi connectivity index (χ0v) is 16.9. The molecule has 2 aromatic carbocycles. The highest BCUT2D eigenvalue weighted by Gasteiger charge is 2.19. The van der Waals surface area contributed by atoms with Crippen molar-refractivity contribution < 1.29 is 18.7 Å². The van der Waals surface area contributed by atoms with Crippen molar-refractivity contribution in [1.82, 2.24) is 4.90 Å². The molecule has 0 fully saturated rings. The quantitative estimate of drug-likeness (QED) is 0.619. The van der Waals surface area contributed by atoms with Gasteiger partial charge in [0.05, 0.1) is 0 Å². The van der Waals surface area contributed by atoms with Gasteiger partial charge in [-0.15, -0.1) is 0 Å². The molecule has 0 atom stereocenters. The fourth-order valence-electron chi connectivity index (χ4n) is 3.91. The second-order valence-corrected chi connectivity index (χ2v) is 7.67. The van der Waals surface area contributed by atoms with Crippen LogP contribution in [0.2, 0.25) is 0 Å². The molecule has 1 heterocycles. The molecular weight excluding hydrogens is 380 g/mol. The van der Waals surface area contributed by atoms with Crippen molar-refractivity contribution in [2.24, 2.45) is 5.73 Å². The SMILES string of the molecule is NC(=O)CCN(Cc1ccccc1)C(=O)COc1ccc2oc3c(c2c1)CCCC3. The summed E-state index contributed by atoms with van der Waals surface area (Å²) in [6, 6.07) is 15.3. The van der Waals surface area contributed by atoms with Gasteiger partial charge in [-0.2, -0.15) is 0 Å². The summed E-state index contributed by atoms with van der Waals surface area (Å²) < 4.78 is 11.8. The molecule has 6 nitrogen and oxygen atoms in total. The van der Waals surface area contributed by atoms with Gasteiger partial charge in [0.2, 0.25) is 5.91 Å². The molecule has 0 radical (unpaired) electrons. The number of nitrogens with two attached hydrogens (primary N) is 1. The molecule has 2 N–H and O–H groups in total. The molecule has 0 bridgehead atoms. The van der Waals surface area contributed by atoms with Crippen LogP contribution < -0.4 is 10.5 Å². The summed E-state index contributed by atoms with van der Waals surface area (Å²) in [5.74, 6) is 1.09. The lowest BCUT2D eigenvalue weighted by molar-refractivity contribution is -0.134. The molecule has 0 aliphatic heterocycles.